The van der Waals surface area contributed by atoms with Gasteiger partial charge in [0.1, 0.15) is 0 Å². The van der Waals surface area contributed by atoms with Gasteiger partial charge in [0.15, 0.2) is 11.6 Å². The summed E-state index contributed by atoms with van der Waals surface area (Å²) in [6.45, 7) is 3.93. The van der Waals surface area contributed by atoms with Crippen LogP contribution in [-0.4, -0.2) is 65.5 Å². The molecular formula is C16H21FN4O. The van der Waals surface area contributed by atoms with Crippen molar-refractivity contribution in [2.75, 3.05) is 37.6 Å². The van der Waals surface area contributed by atoms with Gasteiger partial charge in [0.05, 0.1) is 6.54 Å². The molecule has 1 amide bonds. The highest BCUT2D eigenvalue weighted by atomic mass is 19.1. The van der Waals surface area contributed by atoms with E-state index in [1.54, 1.807) is 12.3 Å². The van der Waals surface area contributed by atoms with Crippen LogP contribution in [0.15, 0.2) is 18.3 Å². The molecule has 3 aliphatic rings. The zero-order valence-electron chi connectivity index (χ0n) is 12.6. The summed E-state index contributed by atoms with van der Waals surface area (Å²) in [6, 6.07) is 3.70. The van der Waals surface area contributed by atoms with Crippen LogP contribution in [0.3, 0.4) is 0 Å². The molecule has 3 aliphatic heterocycles. The molecule has 0 aromatic carbocycles. The predicted octanol–water partition coefficient (Wildman–Crippen LogP) is 1.11. The molecular weight excluding hydrogens is 283 g/mol. The lowest BCUT2D eigenvalue weighted by molar-refractivity contribution is -0.131. The average molecular weight is 304 g/mol. The average Bonchev–Trinajstić information content (AvgIpc) is 3.24. The third-order valence-corrected chi connectivity index (χ3v) is 5.16. The number of piperazine rings is 1. The molecule has 0 aliphatic carbocycles. The van der Waals surface area contributed by atoms with Crippen LogP contribution in [0.1, 0.15) is 19.3 Å². The van der Waals surface area contributed by atoms with Gasteiger partial charge in [0.25, 0.3) is 0 Å². The number of hydrogen-bond acceptors (Lipinski definition) is 4. The Bertz CT molecular complexity index is 575. The van der Waals surface area contributed by atoms with Gasteiger partial charge in [-0.2, -0.15) is 0 Å². The number of hydrogen-bond donors (Lipinski definition) is 0. The molecule has 0 N–H and O–H groups in total. The Morgan fingerprint density at radius 1 is 1.27 bits per heavy atom. The van der Waals surface area contributed by atoms with Gasteiger partial charge in [-0.05, 0) is 31.4 Å². The molecule has 3 saturated heterocycles. The summed E-state index contributed by atoms with van der Waals surface area (Å²) in [4.78, 5) is 22.8. The Kier molecular flexibility index (Phi) is 3.48. The third kappa shape index (κ3) is 2.35. The summed E-state index contributed by atoms with van der Waals surface area (Å²) in [5.41, 5.74) is 0. The van der Waals surface area contributed by atoms with E-state index < -0.39 is 0 Å². The van der Waals surface area contributed by atoms with Crippen molar-refractivity contribution >= 4 is 11.7 Å². The van der Waals surface area contributed by atoms with Crippen LogP contribution >= 0.6 is 0 Å². The second kappa shape index (κ2) is 5.50. The number of pyridine rings is 1. The van der Waals surface area contributed by atoms with Crippen LogP contribution in [0.2, 0.25) is 0 Å². The molecule has 0 spiro atoms. The minimum atomic E-state index is -0.255. The maximum absolute atomic E-state index is 13.9. The molecule has 6 heteroatoms. The van der Waals surface area contributed by atoms with Crippen LogP contribution in [0.25, 0.3) is 0 Å². The molecule has 1 aromatic rings. The van der Waals surface area contributed by atoms with Crippen molar-refractivity contribution in [3.63, 3.8) is 0 Å². The fourth-order valence-electron chi connectivity index (χ4n) is 4.03. The molecule has 3 fully saturated rings. The number of carbonyl (C=O) groups excluding carboxylic acids is 1. The van der Waals surface area contributed by atoms with Gasteiger partial charge >= 0.3 is 0 Å². The van der Waals surface area contributed by atoms with E-state index in [-0.39, 0.29) is 17.8 Å². The molecule has 2 atom stereocenters. The van der Waals surface area contributed by atoms with Crippen molar-refractivity contribution in [1.29, 1.82) is 0 Å². The topological polar surface area (TPSA) is 39.7 Å². The number of rotatable bonds is 3. The molecule has 22 heavy (non-hydrogen) atoms. The Morgan fingerprint density at radius 2 is 2.09 bits per heavy atom. The maximum atomic E-state index is 13.9. The summed E-state index contributed by atoms with van der Waals surface area (Å²) in [5.74, 6) is 0.455. The monoisotopic (exact) mass is 304 g/mol. The smallest absolute Gasteiger partial charge is 0.236 e. The van der Waals surface area contributed by atoms with E-state index in [4.69, 9.17) is 0 Å². The zero-order valence-corrected chi connectivity index (χ0v) is 12.6. The first-order valence-electron chi connectivity index (χ1n) is 8.11. The van der Waals surface area contributed by atoms with Gasteiger partial charge < -0.3 is 9.80 Å². The number of halogens is 1. The van der Waals surface area contributed by atoms with Crippen LogP contribution in [0.5, 0.6) is 0 Å². The van der Waals surface area contributed by atoms with E-state index in [0.29, 0.717) is 18.4 Å². The number of amides is 1. The molecule has 0 saturated carbocycles. The van der Waals surface area contributed by atoms with Crippen molar-refractivity contribution in [3.05, 3.63) is 24.1 Å². The number of aromatic nitrogens is 1. The minimum Gasteiger partial charge on any atom is -0.348 e. The van der Waals surface area contributed by atoms with Gasteiger partial charge in [0, 0.05) is 44.5 Å². The van der Waals surface area contributed by atoms with Crippen LogP contribution < -0.4 is 4.90 Å². The van der Waals surface area contributed by atoms with Crippen molar-refractivity contribution in [3.8, 4) is 0 Å². The Labute approximate surface area is 129 Å². The number of carbonyl (C=O) groups is 1. The van der Waals surface area contributed by atoms with E-state index in [1.807, 2.05) is 4.90 Å². The molecule has 2 unspecified atom stereocenters. The zero-order chi connectivity index (χ0) is 15.1. The Balaban J connectivity index is 1.40. The molecule has 118 valence electrons. The Hall–Kier alpha value is -1.69. The van der Waals surface area contributed by atoms with Crippen LogP contribution in [0.4, 0.5) is 10.2 Å². The first-order valence-corrected chi connectivity index (χ1v) is 8.11. The standard InChI is InChI=1S/C16H21FN4O/c17-14-4-3-5-18-16(14)21-10-12-8-13(21)9-20(12)11-15(22)19-6-1-2-7-19/h3-5,12-13H,1-2,6-11H2. The largest absolute Gasteiger partial charge is 0.348 e. The van der Waals surface area contributed by atoms with E-state index in [0.717, 1.165) is 45.4 Å². The fourth-order valence-corrected chi connectivity index (χ4v) is 4.03. The lowest BCUT2D eigenvalue weighted by Crippen LogP contribution is -2.50. The van der Waals surface area contributed by atoms with Gasteiger partial charge in [-0.1, -0.05) is 0 Å². The van der Waals surface area contributed by atoms with Crippen LogP contribution in [0, 0.1) is 5.82 Å². The number of likely N-dealkylation sites (tertiary alicyclic amines) is 2. The molecule has 4 rings (SSSR count). The second-order valence-corrected chi connectivity index (χ2v) is 6.52. The minimum absolute atomic E-state index is 0.251. The first-order chi connectivity index (χ1) is 10.7. The van der Waals surface area contributed by atoms with E-state index in [1.165, 1.54) is 6.07 Å². The van der Waals surface area contributed by atoms with Crippen molar-refractivity contribution in [1.82, 2.24) is 14.8 Å². The third-order valence-electron chi connectivity index (χ3n) is 5.16. The highest BCUT2D eigenvalue weighted by Crippen LogP contribution is 2.34. The summed E-state index contributed by atoms with van der Waals surface area (Å²) >= 11 is 0. The van der Waals surface area contributed by atoms with E-state index in [2.05, 4.69) is 14.8 Å². The van der Waals surface area contributed by atoms with E-state index in [9.17, 15) is 9.18 Å². The highest BCUT2D eigenvalue weighted by Gasteiger charge is 2.45. The first kappa shape index (κ1) is 13.9. The number of fused-ring (bicyclic) bond motifs is 2. The highest BCUT2D eigenvalue weighted by molar-refractivity contribution is 5.78. The van der Waals surface area contributed by atoms with Gasteiger partial charge in [0.2, 0.25) is 5.91 Å². The quantitative estimate of drug-likeness (QED) is 0.838. The lowest BCUT2D eigenvalue weighted by atomic mass is 10.2. The normalized spacial score (nSPS) is 27.9. The maximum Gasteiger partial charge on any atom is 0.236 e. The lowest BCUT2D eigenvalue weighted by Gasteiger charge is -2.35. The van der Waals surface area contributed by atoms with Crippen molar-refractivity contribution < 1.29 is 9.18 Å². The number of anilines is 1. The van der Waals surface area contributed by atoms with Gasteiger partial charge in [-0.3, -0.25) is 9.69 Å². The van der Waals surface area contributed by atoms with Crippen LogP contribution in [-0.2, 0) is 4.79 Å². The molecule has 0 radical (unpaired) electrons. The summed E-state index contributed by atoms with van der Waals surface area (Å²) in [6.07, 6.45) is 4.90. The Morgan fingerprint density at radius 3 is 2.77 bits per heavy atom. The van der Waals surface area contributed by atoms with Gasteiger partial charge in [-0.15, -0.1) is 0 Å². The predicted molar refractivity (Wildman–Crippen MR) is 81.1 cm³/mol. The van der Waals surface area contributed by atoms with Crippen molar-refractivity contribution in [2.45, 2.75) is 31.3 Å². The molecule has 4 heterocycles. The SMILES string of the molecule is O=C(CN1CC2CC1CN2c1ncccc1F)N1CCCC1. The number of nitrogens with zero attached hydrogens (tertiary/aromatic N) is 4. The van der Waals surface area contributed by atoms with Gasteiger partial charge in [-0.25, -0.2) is 9.37 Å². The summed E-state index contributed by atoms with van der Waals surface area (Å²) in [7, 11) is 0. The van der Waals surface area contributed by atoms with Crippen molar-refractivity contribution in [2.24, 2.45) is 0 Å². The molecule has 2 bridgehead atoms. The van der Waals surface area contributed by atoms with E-state index >= 15 is 0 Å². The summed E-state index contributed by atoms with van der Waals surface area (Å²) < 4.78 is 13.9. The molecule has 1 aromatic heterocycles. The summed E-state index contributed by atoms with van der Waals surface area (Å²) in [5, 5.41) is 0. The second-order valence-electron chi connectivity index (χ2n) is 6.52. The molecule has 5 nitrogen and oxygen atoms in total. The fraction of sp³-hybridized carbons (Fsp3) is 0.625.